The predicted octanol–water partition coefficient (Wildman–Crippen LogP) is 3.61. The lowest BCUT2D eigenvalue weighted by molar-refractivity contribution is -0.201. The Labute approximate surface area is 163 Å². The molecule has 1 rings (SSSR count). The van der Waals surface area contributed by atoms with Gasteiger partial charge in [0.25, 0.3) is 11.8 Å². The lowest BCUT2D eigenvalue weighted by Crippen LogP contribution is -2.46. The first-order chi connectivity index (χ1) is 12.4. The third-order valence-corrected chi connectivity index (χ3v) is 8.86. The quantitative estimate of drug-likeness (QED) is 0.578. The van der Waals surface area contributed by atoms with Crippen LogP contribution in [0.4, 0.5) is 0 Å². The molecule has 0 saturated carbocycles. The lowest BCUT2D eigenvalue weighted by atomic mass is 9.95. The zero-order chi connectivity index (χ0) is 21.0. The van der Waals surface area contributed by atoms with Crippen molar-refractivity contribution in [3.63, 3.8) is 0 Å². The SMILES string of the molecule is CCCC(C)S(=O)(=NC(CC)(CC)C(=O)ON1C(=O)CCC1=O)C(C)(C)C. The van der Waals surface area contributed by atoms with Gasteiger partial charge in [0, 0.05) is 22.8 Å². The maximum absolute atomic E-state index is 14.0. The summed E-state index contributed by atoms with van der Waals surface area (Å²) in [7, 11) is -2.80. The predicted molar refractivity (Wildman–Crippen MR) is 105 cm³/mol. The highest BCUT2D eigenvalue weighted by Crippen LogP contribution is 2.33. The van der Waals surface area contributed by atoms with Gasteiger partial charge in [-0.25, -0.2) is 13.4 Å². The van der Waals surface area contributed by atoms with Crippen LogP contribution in [0.5, 0.6) is 0 Å². The van der Waals surface area contributed by atoms with Gasteiger partial charge in [0.1, 0.15) is 0 Å². The zero-order valence-corrected chi connectivity index (χ0v) is 18.5. The molecular formula is C19H34N2O5S. The van der Waals surface area contributed by atoms with Gasteiger partial charge in [0.2, 0.25) is 0 Å². The van der Waals surface area contributed by atoms with E-state index in [9.17, 15) is 18.6 Å². The number of nitrogens with zero attached hydrogens (tertiary/aromatic N) is 2. The van der Waals surface area contributed by atoms with Crippen molar-refractivity contribution in [2.45, 2.75) is 103 Å². The van der Waals surface area contributed by atoms with Crippen molar-refractivity contribution in [1.29, 1.82) is 0 Å². The molecule has 2 unspecified atom stereocenters. The van der Waals surface area contributed by atoms with Gasteiger partial charge in [-0.1, -0.05) is 27.2 Å². The molecule has 0 aliphatic carbocycles. The molecule has 0 radical (unpaired) electrons. The van der Waals surface area contributed by atoms with E-state index in [4.69, 9.17) is 4.84 Å². The third kappa shape index (κ3) is 4.70. The Morgan fingerprint density at radius 2 is 1.63 bits per heavy atom. The van der Waals surface area contributed by atoms with Crippen LogP contribution in [0.1, 0.15) is 87.0 Å². The lowest BCUT2D eigenvalue weighted by Gasteiger charge is -2.34. The van der Waals surface area contributed by atoms with Crippen LogP contribution in [0.25, 0.3) is 0 Å². The monoisotopic (exact) mass is 402 g/mol. The molecule has 1 fully saturated rings. The minimum absolute atomic E-state index is 0.0285. The number of amides is 2. The Morgan fingerprint density at radius 3 is 2.00 bits per heavy atom. The highest BCUT2D eigenvalue weighted by molar-refractivity contribution is 7.95. The molecule has 1 saturated heterocycles. The Hall–Kier alpha value is -1.44. The second kappa shape index (κ2) is 8.71. The molecule has 1 aliphatic rings. The van der Waals surface area contributed by atoms with Gasteiger partial charge in [-0.2, -0.15) is 0 Å². The smallest absolute Gasteiger partial charge is 0.328 e. The van der Waals surface area contributed by atoms with E-state index in [0.717, 1.165) is 12.8 Å². The Bertz CT molecular complexity index is 681. The second-order valence-corrected chi connectivity index (χ2v) is 11.4. The fraction of sp³-hybridized carbons (Fsp3) is 0.842. The molecule has 0 aromatic rings. The molecule has 1 aliphatic heterocycles. The van der Waals surface area contributed by atoms with Gasteiger partial charge in [-0.3, -0.25) is 9.59 Å². The summed E-state index contributed by atoms with van der Waals surface area (Å²) in [5.41, 5.74) is -1.37. The van der Waals surface area contributed by atoms with E-state index in [2.05, 4.69) is 4.36 Å². The van der Waals surface area contributed by atoms with Crippen LogP contribution in [-0.4, -0.2) is 42.6 Å². The Kier molecular flexibility index (Phi) is 7.61. The Morgan fingerprint density at radius 1 is 1.15 bits per heavy atom. The molecule has 2 amide bonds. The fourth-order valence-corrected chi connectivity index (χ4v) is 6.26. The van der Waals surface area contributed by atoms with Crippen LogP contribution in [0, 0.1) is 0 Å². The molecule has 7 nitrogen and oxygen atoms in total. The van der Waals surface area contributed by atoms with E-state index in [0.29, 0.717) is 5.06 Å². The van der Waals surface area contributed by atoms with Crippen LogP contribution < -0.4 is 0 Å². The summed E-state index contributed by atoms with van der Waals surface area (Å²) in [6.07, 6.45) is 2.17. The number of hydrogen-bond donors (Lipinski definition) is 0. The fourth-order valence-electron chi connectivity index (χ4n) is 3.19. The number of carbonyl (C=O) groups excluding carboxylic acids is 3. The molecule has 0 spiro atoms. The highest BCUT2D eigenvalue weighted by atomic mass is 32.2. The largest absolute Gasteiger partial charge is 0.361 e. The van der Waals surface area contributed by atoms with Crippen molar-refractivity contribution < 1.29 is 23.4 Å². The molecular weight excluding hydrogens is 368 g/mol. The number of imide groups is 1. The van der Waals surface area contributed by atoms with Crippen molar-refractivity contribution >= 4 is 27.5 Å². The molecule has 0 aromatic carbocycles. The minimum atomic E-state index is -2.80. The molecule has 156 valence electrons. The average molecular weight is 403 g/mol. The van der Waals surface area contributed by atoms with Crippen LogP contribution in [0.15, 0.2) is 4.36 Å². The zero-order valence-electron chi connectivity index (χ0n) is 17.7. The maximum atomic E-state index is 14.0. The van der Waals surface area contributed by atoms with Crippen LogP contribution >= 0.6 is 0 Å². The van der Waals surface area contributed by atoms with E-state index in [1.165, 1.54) is 0 Å². The molecule has 0 N–H and O–H groups in total. The minimum Gasteiger partial charge on any atom is -0.328 e. The van der Waals surface area contributed by atoms with Gasteiger partial charge in [0.05, 0.1) is 9.73 Å². The molecule has 0 aromatic heterocycles. The van der Waals surface area contributed by atoms with Crippen molar-refractivity contribution in [2.24, 2.45) is 4.36 Å². The van der Waals surface area contributed by atoms with Crippen LogP contribution in [-0.2, 0) is 29.0 Å². The summed E-state index contributed by atoms with van der Waals surface area (Å²) >= 11 is 0. The van der Waals surface area contributed by atoms with Gasteiger partial charge in [-0.15, -0.1) is 5.06 Å². The number of hydrogen-bond acceptors (Lipinski definition) is 6. The molecule has 27 heavy (non-hydrogen) atoms. The summed E-state index contributed by atoms with van der Waals surface area (Å²) in [6, 6.07) is 0. The topological polar surface area (TPSA) is 93.1 Å². The molecule has 1 heterocycles. The first-order valence-corrected chi connectivity index (χ1v) is 11.3. The van der Waals surface area contributed by atoms with Crippen molar-refractivity contribution in [2.75, 3.05) is 0 Å². The number of carbonyl (C=O) groups is 3. The second-order valence-electron chi connectivity index (χ2n) is 8.07. The van der Waals surface area contributed by atoms with E-state index in [1.54, 1.807) is 13.8 Å². The van der Waals surface area contributed by atoms with Crippen LogP contribution in [0.3, 0.4) is 0 Å². The third-order valence-electron chi connectivity index (χ3n) is 5.16. The maximum Gasteiger partial charge on any atom is 0.361 e. The van der Waals surface area contributed by atoms with E-state index in [-0.39, 0.29) is 30.9 Å². The normalized spacial score (nSPS) is 19.0. The highest BCUT2D eigenvalue weighted by Gasteiger charge is 2.45. The van der Waals surface area contributed by atoms with Gasteiger partial charge < -0.3 is 4.84 Å². The van der Waals surface area contributed by atoms with Crippen molar-refractivity contribution in [1.82, 2.24) is 5.06 Å². The van der Waals surface area contributed by atoms with Gasteiger partial charge in [-0.05, 0) is 47.0 Å². The first-order valence-electron chi connectivity index (χ1n) is 9.73. The molecule has 8 heteroatoms. The van der Waals surface area contributed by atoms with E-state index in [1.807, 2.05) is 34.6 Å². The summed E-state index contributed by atoms with van der Waals surface area (Å²) in [4.78, 5) is 41.7. The summed E-state index contributed by atoms with van der Waals surface area (Å²) < 4.78 is 18.0. The summed E-state index contributed by atoms with van der Waals surface area (Å²) in [5.74, 6) is -1.87. The molecule has 0 bridgehead atoms. The molecule has 2 atom stereocenters. The van der Waals surface area contributed by atoms with E-state index >= 15 is 0 Å². The standard InChI is InChI=1S/C19H34N2O5S/c1-8-11-14(4)27(25,18(5,6)7)20-19(9-2,10-3)17(24)26-21-15(22)12-13-16(21)23/h14H,8-13H2,1-7H3. The van der Waals surface area contributed by atoms with Gasteiger partial charge >= 0.3 is 5.97 Å². The van der Waals surface area contributed by atoms with Gasteiger partial charge in [0.15, 0.2) is 5.54 Å². The number of rotatable bonds is 8. The number of hydroxylamine groups is 2. The van der Waals surface area contributed by atoms with E-state index < -0.39 is 37.8 Å². The van der Waals surface area contributed by atoms with Crippen molar-refractivity contribution in [3.05, 3.63) is 0 Å². The first kappa shape index (κ1) is 23.6. The average Bonchev–Trinajstić information content (AvgIpc) is 2.90. The summed E-state index contributed by atoms with van der Waals surface area (Å²) in [6.45, 7) is 13.0. The summed E-state index contributed by atoms with van der Waals surface area (Å²) in [5, 5.41) is 0.328. The van der Waals surface area contributed by atoms with Crippen molar-refractivity contribution in [3.8, 4) is 0 Å². The van der Waals surface area contributed by atoms with Crippen LogP contribution in [0.2, 0.25) is 0 Å². The Balaban J connectivity index is 3.43.